The predicted octanol–water partition coefficient (Wildman–Crippen LogP) is 4.63. The van der Waals surface area contributed by atoms with Gasteiger partial charge in [0.15, 0.2) is 11.5 Å². The van der Waals surface area contributed by atoms with E-state index in [9.17, 15) is 27.2 Å². The lowest BCUT2D eigenvalue weighted by Crippen LogP contribution is -2.26. The molecule has 3 rings (SSSR count). The Morgan fingerprint density at radius 2 is 1.74 bits per heavy atom. The van der Waals surface area contributed by atoms with E-state index >= 15 is 0 Å². The molecule has 0 aromatic heterocycles. The minimum Gasteiger partial charge on any atom is -0.493 e. The van der Waals surface area contributed by atoms with Crippen LogP contribution in [0.4, 0.5) is 23.2 Å². The van der Waals surface area contributed by atoms with Crippen LogP contribution in [-0.4, -0.2) is 31.7 Å². The summed E-state index contributed by atoms with van der Waals surface area (Å²) in [7, 11) is 1.37. The Bertz CT molecular complexity index is 1230. The summed E-state index contributed by atoms with van der Waals surface area (Å²) in [5.41, 5.74) is 2.20. The number of rotatable bonds is 8. The van der Waals surface area contributed by atoms with Gasteiger partial charge in [0.1, 0.15) is 5.82 Å². The van der Waals surface area contributed by atoms with Crippen molar-refractivity contribution in [3.05, 3.63) is 89.2 Å². The first-order valence-electron chi connectivity index (χ1n) is 10.0. The molecule has 0 heterocycles. The van der Waals surface area contributed by atoms with Gasteiger partial charge in [0, 0.05) is 5.69 Å². The van der Waals surface area contributed by atoms with Gasteiger partial charge in [0.25, 0.3) is 5.91 Å². The highest BCUT2D eigenvalue weighted by Crippen LogP contribution is 2.30. The van der Waals surface area contributed by atoms with E-state index in [1.54, 1.807) is 6.07 Å². The van der Waals surface area contributed by atoms with E-state index in [-0.39, 0.29) is 29.3 Å². The molecule has 0 fully saturated rings. The third-order valence-electron chi connectivity index (χ3n) is 4.52. The summed E-state index contributed by atoms with van der Waals surface area (Å²) >= 11 is 0. The van der Waals surface area contributed by atoms with E-state index < -0.39 is 29.4 Å². The Kier molecular flexibility index (Phi) is 8.03. The van der Waals surface area contributed by atoms with Crippen molar-refractivity contribution < 1.29 is 36.6 Å². The lowest BCUT2D eigenvalue weighted by molar-refractivity contribution is -0.137. The van der Waals surface area contributed by atoms with Crippen LogP contribution in [0.5, 0.6) is 11.5 Å². The number of alkyl halides is 3. The van der Waals surface area contributed by atoms with Gasteiger partial charge in [-0.05, 0) is 66.2 Å². The van der Waals surface area contributed by atoms with Crippen molar-refractivity contribution in [3.8, 4) is 11.5 Å². The fourth-order valence-corrected chi connectivity index (χ4v) is 2.80. The first-order valence-corrected chi connectivity index (χ1v) is 10.0. The lowest BCUT2D eigenvalue weighted by Gasteiger charge is -2.10. The van der Waals surface area contributed by atoms with E-state index in [1.807, 2.05) is 0 Å². The van der Waals surface area contributed by atoms with Gasteiger partial charge in [0.2, 0.25) is 0 Å². The highest BCUT2D eigenvalue weighted by Gasteiger charge is 2.30. The Hall–Kier alpha value is -4.41. The summed E-state index contributed by atoms with van der Waals surface area (Å²) in [5.74, 6) is -1.45. The molecule has 0 atom stereocenters. The molecule has 2 N–H and O–H groups in total. The Morgan fingerprint density at radius 3 is 2.43 bits per heavy atom. The average Bonchev–Trinajstić information content (AvgIpc) is 2.83. The molecule has 0 saturated carbocycles. The second-order valence-corrected chi connectivity index (χ2v) is 7.03. The van der Waals surface area contributed by atoms with E-state index in [2.05, 4.69) is 15.8 Å². The molecule has 35 heavy (non-hydrogen) atoms. The Labute approximate surface area is 197 Å². The van der Waals surface area contributed by atoms with Gasteiger partial charge >= 0.3 is 12.1 Å². The minimum atomic E-state index is -4.49. The van der Waals surface area contributed by atoms with Gasteiger partial charge in [-0.1, -0.05) is 6.07 Å². The van der Waals surface area contributed by atoms with E-state index in [0.29, 0.717) is 5.56 Å². The quantitative estimate of drug-likeness (QED) is 0.158. The van der Waals surface area contributed by atoms with Crippen molar-refractivity contribution in [2.24, 2.45) is 5.10 Å². The van der Waals surface area contributed by atoms with Gasteiger partial charge in [-0.2, -0.15) is 18.3 Å². The summed E-state index contributed by atoms with van der Waals surface area (Å²) in [6, 6.07) is 13.8. The second-order valence-electron chi connectivity index (χ2n) is 7.03. The van der Waals surface area contributed by atoms with Crippen LogP contribution in [0.15, 0.2) is 71.8 Å². The number of nitrogens with zero attached hydrogens (tertiary/aromatic N) is 1. The van der Waals surface area contributed by atoms with Crippen molar-refractivity contribution in [1.29, 1.82) is 0 Å². The largest absolute Gasteiger partial charge is 0.493 e. The van der Waals surface area contributed by atoms with Gasteiger partial charge < -0.3 is 14.8 Å². The number of ether oxygens (including phenoxy) is 2. The van der Waals surface area contributed by atoms with Crippen LogP contribution in [0.25, 0.3) is 0 Å². The predicted molar refractivity (Wildman–Crippen MR) is 120 cm³/mol. The van der Waals surface area contributed by atoms with Gasteiger partial charge in [0.05, 0.1) is 31.0 Å². The normalized spacial score (nSPS) is 11.2. The van der Waals surface area contributed by atoms with Crippen molar-refractivity contribution >= 4 is 23.8 Å². The molecule has 182 valence electrons. The fourth-order valence-electron chi connectivity index (χ4n) is 2.80. The topological polar surface area (TPSA) is 89.0 Å². The standard InChI is InChI=1S/C24H19F4N3O4/c1-34-21-11-15(5-10-20(21)35-23(33)16-6-8-18(25)9-7-16)13-30-31-22(32)14-29-19-4-2-3-17(12-19)24(26,27)28/h2-13,29H,14H2,1H3,(H,31,32)/b30-13+. The van der Waals surface area contributed by atoms with Gasteiger partial charge in [-0.15, -0.1) is 0 Å². The molecule has 0 bridgehead atoms. The summed E-state index contributed by atoms with van der Waals surface area (Å²) in [6.45, 7) is -0.305. The van der Waals surface area contributed by atoms with Crippen molar-refractivity contribution in [3.63, 3.8) is 0 Å². The number of hydrogen-bond acceptors (Lipinski definition) is 6. The first kappa shape index (κ1) is 25.2. The Balaban J connectivity index is 1.55. The summed E-state index contributed by atoms with van der Waals surface area (Å²) in [4.78, 5) is 24.1. The lowest BCUT2D eigenvalue weighted by atomic mass is 10.2. The number of carbonyl (C=O) groups is 2. The van der Waals surface area contributed by atoms with Crippen LogP contribution in [0.3, 0.4) is 0 Å². The number of hydrazone groups is 1. The number of esters is 1. The number of benzene rings is 3. The average molecular weight is 489 g/mol. The van der Waals surface area contributed by atoms with Crippen LogP contribution in [0, 0.1) is 5.82 Å². The third-order valence-corrected chi connectivity index (χ3v) is 4.52. The molecule has 0 spiro atoms. The molecule has 0 aliphatic rings. The maximum absolute atomic E-state index is 13.0. The van der Waals surface area contributed by atoms with E-state index in [1.165, 1.54) is 49.7 Å². The molecule has 3 aromatic rings. The molecule has 0 saturated heterocycles. The second kappa shape index (κ2) is 11.1. The Morgan fingerprint density at radius 1 is 1.00 bits per heavy atom. The van der Waals surface area contributed by atoms with Crippen LogP contribution in [0.2, 0.25) is 0 Å². The number of nitrogens with one attached hydrogen (secondary N) is 2. The maximum atomic E-state index is 13.0. The molecule has 1 amide bonds. The third kappa shape index (κ3) is 7.29. The monoisotopic (exact) mass is 489 g/mol. The summed E-state index contributed by atoms with van der Waals surface area (Å²) < 4.78 is 61.8. The number of anilines is 1. The highest BCUT2D eigenvalue weighted by atomic mass is 19.4. The number of methoxy groups -OCH3 is 1. The van der Waals surface area contributed by atoms with Crippen LogP contribution >= 0.6 is 0 Å². The maximum Gasteiger partial charge on any atom is 0.416 e. The molecule has 0 unspecified atom stereocenters. The van der Waals surface area contributed by atoms with Crippen molar-refractivity contribution in [2.45, 2.75) is 6.18 Å². The number of carbonyl (C=O) groups excluding carboxylic acids is 2. The fraction of sp³-hybridized carbons (Fsp3) is 0.125. The highest BCUT2D eigenvalue weighted by molar-refractivity contribution is 5.91. The van der Waals surface area contributed by atoms with Crippen LogP contribution in [0.1, 0.15) is 21.5 Å². The zero-order valence-electron chi connectivity index (χ0n) is 18.2. The zero-order valence-corrected chi connectivity index (χ0v) is 18.2. The zero-order chi connectivity index (χ0) is 25.4. The van der Waals surface area contributed by atoms with Crippen LogP contribution < -0.4 is 20.2 Å². The number of amides is 1. The SMILES string of the molecule is COc1cc(/C=N/NC(=O)CNc2cccc(C(F)(F)F)c2)ccc1OC(=O)c1ccc(F)cc1. The van der Waals surface area contributed by atoms with Crippen molar-refractivity contribution in [1.82, 2.24) is 5.43 Å². The minimum absolute atomic E-state index is 0.119. The molecule has 0 aliphatic carbocycles. The molecule has 3 aromatic carbocycles. The van der Waals surface area contributed by atoms with E-state index in [4.69, 9.17) is 9.47 Å². The van der Waals surface area contributed by atoms with E-state index in [0.717, 1.165) is 24.3 Å². The van der Waals surface area contributed by atoms with Crippen LogP contribution in [-0.2, 0) is 11.0 Å². The molecule has 7 nitrogen and oxygen atoms in total. The molecule has 11 heteroatoms. The number of halogens is 4. The number of hydrogen-bond donors (Lipinski definition) is 2. The summed E-state index contributed by atoms with van der Waals surface area (Å²) in [6.07, 6.45) is -3.18. The molecule has 0 aliphatic heterocycles. The molecular weight excluding hydrogens is 470 g/mol. The molecular formula is C24H19F4N3O4. The summed E-state index contributed by atoms with van der Waals surface area (Å²) in [5, 5.41) is 6.38. The van der Waals surface area contributed by atoms with Gasteiger partial charge in [-0.25, -0.2) is 14.6 Å². The van der Waals surface area contributed by atoms with Crippen molar-refractivity contribution in [2.75, 3.05) is 19.0 Å². The smallest absolute Gasteiger partial charge is 0.416 e. The first-order chi connectivity index (χ1) is 16.7. The van der Waals surface area contributed by atoms with Gasteiger partial charge in [-0.3, -0.25) is 4.79 Å². The molecule has 0 radical (unpaired) electrons.